The summed E-state index contributed by atoms with van der Waals surface area (Å²) in [5.74, 6) is 0.359. The van der Waals surface area contributed by atoms with Crippen LogP contribution in [0.5, 0.6) is 0 Å². The zero-order valence-electron chi connectivity index (χ0n) is 16.3. The lowest BCUT2D eigenvalue weighted by molar-refractivity contribution is -0.129. The lowest BCUT2D eigenvalue weighted by atomic mass is 9.95. The number of likely N-dealkylation sites (tertiary alicyclic amines) is 1. The van der Waals surface area contributed by atoms with Crippen molar-refractivity contribution in [1.82, 2.24) is 20.0 Å². The largest absolute Gasteiger partial charge is 0.464 e. The maximum Gasteiger partial charge on any atom is 0.223 e. The van der Waals surface area contributed by atoms with Gasteiger partial charge in [-0.3, -0.25) is 9.48 Å². The summed E-state index contributed by atoms with van der Waals surface area (Å²) in [5, 5.41) is 8.96. The summed E-state index contributed by atoms with van der Waals surface area (Å²) in [5.41, 5.74) is 3.11. The Morgan fingerprint density at radius 1 is 1.36 bits per heavy atom. The fourth-order valence-corrected chi connectivity index (χ4v) is 4.11. The van der Waals surface area contributed by atoms with Crippen LogP contribution in [0.2, 0.25) is 0 Å². The predicted molar refractivity (Wildman–Crippen MR) is 106 cm³/mol. The van der Waals surface area contributed by atoms with Gasteiger partial charge in [-0.2, -0.15) is 5.10 Å². The minimum atomic E-state index is 0.0185. The fourth-order valence-electron chi connectivity index (χ4n) is 4.11. The number of carbonyl (C=O) groups excluding carboxylic acids is 1. The van der Waals surface area contributed by atoms with Crippen molar-refractivity contribution in [1.29, 1.82) is 0 Å². The second-order valence-electron chi connectivity index (χ2n) is 7.32. The average molecular weight is 382 g/mol. The van der Waals surface area contributed by atoms with Gasteiger partial charge in [-0.15, -0.1) is 0 Å². The first-order chi connectivity index (χ1) is 13.7. The number of aromatic nitrogens is 2. The van der Waals surface area contributed by atoms with E-state index in [1.54, 1.807) is 18.1 Å². The minimum absolute atomic E-state index is 0.0185. The summed E-state index contributed by atoms with van der Waals surface area (Å²) in [6, 6.07) is 8.05. The number of hydrogen-bond acceptors (Lipinski definition) is 5. The van der Waals surface area contributed by atoms with Crippen LogP contribution in [0.4, 0.5) is 0 Å². The normalized spacial score (nSPS) is 19.8. The van der Waals surface area contributed by atoms with Gasteiger partial charge >= 0.3 is 0 Å². The number of aryl methyl sites for hydroxylation is 1. The Morgan fingerprint density at radius 2 is 2.21 bits per heavy atom. The Labute approximate surface area is 164 Å². The number of ether oxygens (including phenoxy) is 1. The maximum atomic E-state index is 12.6. The molecule has 1 aromatic carbocycles. The van der Waals surface area contributed by atoms with Gasteiger partial charge in [-0.05, 0) is 6.07 Å². The summed E-state index contributed by atoms with van der Waals surface area (Å²) in [4.78, 5) is 14.6. The van der Waals surface area contributed by atoms with Gasteiger partial charge in [0.1, 0.15) is 5.58 Å². The van der Waals surface area contributed by atoms with E-state index in [1.807, 2.05) is 42.5 Å². The van der Waals surface area contributed by atoms with Gasteiger partial charge in [0.2, 0.25) is 5.91 Å². The second-order valence-corrected chi connectivity index (χ2v) is 7.32. The van der Waals surface area contributed by atoms with Crippen LogP contribution in [0, 0.1) is 5.92 Å². The van der Waals surface area contributed by atoms with E-state index in [0.29, 0.717) is 26.1 Å². The molecule has 0 bridgehead atoms. The molecule has 3 heterocycles. The van der Waals surface area contributed by atoms with E-state index in [1.165, 1.54) is 0 Å². The number of methoxy groups -OCH3 is 1. The lowest BCUT2D eigenvalue weighted by Crippen LogP contribution is -2.33. The topological polar surface area (TPSA) is 72.5 Å². The molecular weight excluding hydrogens is 356 g/mol. The molecule has 2 aromatic heterocycles. The highest BCUT2D eigenvalue weighted by molar-refractivity contribution is 5.81. The van der Waals surface area contributed by atoms with Crippen molar-refractivity contribution in [3.63, 3.8) is 0 Å². The third-order valence-electron chi connectivity index (χ3n) is 5.43. The number of para-hydroxylation sites is 1. The number of nitrogens with zero attached hydrogens (tertiary/aromatic N) is 3. The third-order valence-corrected chi connectivity index (χ3v) is 5.43. The Morgan fingerprint density at radius 3 is 3.00 bits per heavy atom. The molecule has 0 saturated carbocycles. The molecule has 2 atom stereocenters. The summed E-state index contributed by atoms with van der Waals surface area (Å²) >= 11 is 0. The number of furan rings is 1. The fraction of sp³-hybridized carbons (Fsp3) is 0.429. The zero-order valence-corrected chi connectivity index (χ0v) is 16.3. The standard InChI is InChI=1S/C21H26N4O3/c1-24-13-16(12-23-24)21-15(9-20(26)25(21)7-8-27-2)10-22-11-17-14-28-19-6-4-3-5-18(17)19/h3-6,12-15,21-22H,7-11H2,1-2H3/t15-,21+/m0/s1. The van der Waals surface area contributed by atoms with Gasteiger partial charge in [-0.1, -0.05) is 18.2 Å². The molecular formula is C21H26N4O3. The summed E-state index contributed by atoms with van der Waals surface area (Å²) in [6.45, 7) is 2.58. The number of carbonyl (C=O) groups is 1. The van der Waals surface area contributed by atoms with Gasteiger partial charge in [-0.25, -0.2) is 0 Å². The van der Waals surface area contributed by atoms with E-state index >= 15 is 0 Å². The quantitative estimate of drug-likeness (QED) is 0.648. The van der Waals surface area contributed by atoms with Crippen LogP contribution in [-0.2, 0) is 23.1 Å². The molecule has 1 N–H and O–H groups in total. The van der Waals surface area contributed by atoms with Gasteiger partial charge in [0, 0.05) is 68.8 Å². The van der Waals surface area contributed by atoms with Crippen molar-refractivity contribution in [3.05, 3.63) is 54.0 Å². The number of fused-ring (bicyclic) bond motifs is 1. The van der Waals surface area contributed by atoms with Crippen LogP contribution in [0.25, 0.3) is 11.0 Å². The van der Waals surface area contributed by atoms with Crippen LogP contribution < -0.4 is 5.32 Å². The average Bonchev–Trinajstić information content (AvgIpc) is 3.38. The predicted octanol–water partition coefficient (Wildman–Crippen LogP) is 2.49. The maximum absolute atomic E-state index is 12.6. The molecule has 1 aliphatic heterocycles. The van der Waals surface area contributed by atoms with Crippen LogP contribution in [0.3, 0.4) is 0 Å². The second kappa shape index (κ2) is 8.16. The Bertz CT molecular complexity index is 948. The SMILES string of the molecule is COCCN1C(=O)C[C@@H](CNCc2coc3ccccc23)[C@@H]1c1cnn(C)c1. The molecule has 4 rings (SSSR count). The minimum Gasteiger partial charge on any atom is -0.464 e. The Balaban J connectivity index is 1.46. The molecule has 0 aliphatic carbocycles. The van der Waals surface area contributed by atoms with E-state index in [2.05, 4.69) is 16.5 Å². The van der Waals surface area contributed by atoms with Crippen molar-refractivity contribution < 1.29 is 13.9 Å². The number of nitrogens with one attached hydrogen (secondary N) is 1. The highest BCUT2D eigenvalue weighted by Gasteiger charge is 2.40. The molecule has 1 fully saturated rings. The number of benzene rings is 1. The summed E-state index contributed by atoms with van der Waals surface area (Å²) in [6.07, 6.45) is 6.20. The van der Waals surface area contributed by atoms with E-state index in [9.17, 15) is 4.79 Å². The Hall–Kier alpha value is -2.64. The van der Waals surface area contributed by atoms with Crippen molar-refractivity contribution in [3.8, 4) is 0 Å². The third kappa shape index (κ3) is 3.68. The first-order valence-corrected chi connectivity index (χ1v) is 9.60. The first kappa shape index (κ1) is 18.7. The monoisotopic (exact) mass is 382 g/mol. The van der Waals surface area contributed by atoms with Gasteiger partial charge in [0.25, 0.3) is 0 Å². The molecule has 0 spiro atoms. The molecule has 148 valence electrons. The summed E-state index contributed by atoms with van der Waals surface area (Å²) in [7, 11) is 3.56. The van der Waals surface area contributed by atoms with Crippen molar-refractivity contribution in [2.45, 2.75) is 19.0 Å². The van der Waals surface area contributed by atoms with E-state index in [4.69, 9.17) is 9.15 Å². The van der Waals surface area contributed by atoms with Crippen LogP contribution in [0.15, 0.2) is 47.3 Å². The van der Waals surface area contributed by atoms with Crippen LogP contribution in [-0.4, -0.2) is 47.4 Å². The lowest BCUT2D eigenvalue weighted by Gasteiger charge is -2.27. The first-order valence-electron chi connectivity index (χ1n) is 9.60. The molecule has 0 unspecified atom stereocenters. The Kier molecular flexibility index (Phi) is 5.45. The molecule has 0 radical (unpaired) electrons. The highest BCUT2D eigenvalue weighted by atomic mass is 16.5. The molecule has 7 nitrogen and oxygen atoms in total. The molecule has 1 saturated heterocycles. The molecule has 1 amide bonds. The summed E-state index contributed by atoms with van der Waals surface area (Å²) < 4.78 is 12.6. The van der Waals surface area contributed by atoms with Gasteiger partial charge in [0.05, 0.1) is 25.1 Å². The highest BCUT2D eigenvalue weighted by Crippen LogP contribution is 2.37. The molecule has 28 heavy (non-hydrogen) atoms. The van der Waals surface area contributed by atoms with Crippen molar-refractivity contribution >= 4 is 16.9 Å². The zero-order chi connectivity index (χ0) is 19.5. The molecule has 7 heteroatoms. The van der Waals surface area contributed by atoms with Crippen LogP contribution in [0.1, 0.15) is 23.6 Å². The van der Waals surface area contributed by atoms with E-state index in [0.717, 1.165) is 28.6 Å². The molecule has 3 aromatic rings. The van der Waals surface area contributed by atoms with Gasteiger partial charge < -0.3 is 19.4 Å². The van der Waals surface area contributed by atoms with Crippen molar-refractivity contribution in [2.24, 2.45) is 13.0 Å². The smallest absolute Gasteiger partial charge is 0.223 e. The van der Waals surface area contributed by atoms with Gasteiger partial charge in [0.15, 0.2) is 0 Å². The van der Waals surface area contributed by atoms with E-state index < -0.39 is 0 Å². The van der Waals surface area contributed by atoms with Crippen LogP contribution >= 0.6 is 0 Å². The molecule has 1 aliphatic rings. The number of hydrogen-bond donors (Lipinski definition) is 1. The van der Waals surface area contributed by atoms with E-state index in [-0.39, 0.29) is 17.9 Å². The van der Waals surface area contributed by atoms with Crippen molar-refractivity contribution in [2.75, 3.05) is 26.8 Å². The number of rotatable bonds is 8. The number of amides is 1.